The summed E-state index contributed by atoms with van der Waals surface area (Å²) in [5.74, 6) is -0.00411. The van der Waals surface area contributed by atoms with Crippen LogP contribution in [-0.2, 0) is 9.53 Å². The number of carbonyl (C=O) groups is 2. The van der Waals surface area contributed by atoms with E-state index in [1.807, 2.05) is 37.4 Å². The highest BCUT2D eigenvalue weighted by Crippen LogP contribution is 2.20. The van der Waals surface area contributed by atoms with Gasteiger partial charge in [0.2, 0.25) is 0 Å². The minimum absolute atomic E-state index is 0.105. The van der Waals surface area contributed by atoms with Crippen LogP contribution >= 0.6 is 0 Å². The molecular weight excluding hydrogens is 342 g/mol. The lowest BCUT2D eigenvalue weighted by molar-refractivity contribution is -0.148. The number of H-pyrrole nitrogens is 1. The predicted octanol–water partition coefficient (Wildman–Crippen LogP) is 4.39. The number of carbonyl (C=O) groups excluding carboxylic acids is 2. The maximum Gasteiger partial charge on any atom is 0.347 e. The van der Waals surface area contributed by atoms with Crippen molar-refractivity contribution in [2.75, 3.05) is 7.11 Å². The SMILES string of the molecule is CCC(Oc1ccc(C(=O)/C=C/c2c[nH]c3ccccc23)cc1)C(=O)OC. The second kappa shape index (κ2) is 8.36. The number of para-hydroxylation sites is 1. The highest BCUT2D eigenvalue weighted by molar-refractivity contribution is 6.07. The molecule has 0 spiro atoms. The first kappa shape index (κ1) is 18.5. The number of methoxy groups -OCH3 is 1. The summed E-state index contributed by atoms with van der Waals surface area (Å²) in [6.45, 7) is 1.84. The molecule has 0 aliphatic carbocycles. The monoisotopic (exact) mass is 363 g/mol. The fraction of sp³-hybridized carbons (Fsp3) is 0.182. The molecule has 5 heteroatoms. The minimum atomic E-state index is -0.654. The molecule has 0 bridgehead atoms. The average Bonchev–Trinajstić information content (AvgIpc) is 3.13. The molecule has 2 aromatic carbocycles. The number of benzene rings is 2. The fourth-order valence-electron chi connectivity index (χ4n) is 2.79. The first-order chi connectivity index (χ1) is 13.1. The summed E-state index contributed by atoms with van der Waals surface area (Å²) < 4.78 is 10.3. The van der Waals surface area contributed by atoms with Gasteiger partial charge in [-0.3, -0.25) is 4.79 Å². The second-order valence-electron chi connectivity index (χ2n) is 6.05. The van der Waals surface area contributed by atoms with Crippen LogP contribution in [0.3, 0.4) is 0 Å². The Morgan fingerprint density at radius 3 is 2.56 bits per heavy atom. The van der Waals surface area contributed by atoms with E-state index >= 15 is 0 Å². The van der Waals surface area contributed by atoms with Gasteiger partial charge in [0.05, 0.1) is 7.11 Å². The average molecular weight is 363 g/mol. The van der Waals surface area contributed by atoms with Crippen molar-refractivity contribution in [3.05, 3.63) is 71.9 Å². The van der Waals surface area contributed by atoms with Crippen LogP contribution in [0.1, 0.15) is 29.3 Å². The normalized spacial score (nSPS) is 12.2. The highest BCUT2D eigenvalue weighted by atomic mass is 16.6. The minimum Gasteiger partial charge on any atom is -0.479 e. The highest BCUT2D eigenvalue weighted by Gasteiger charge is 2.18. The van der Waals surface area contributed by atoms with Gasteiger partial charge in [-0.1, -0.05) is 25.1 Å². The third kappa shape index (κ3) is 4.26. The largest absolute Gasteiger partial charge is 0.479 e. The third-order valence-electron chi connectivity index (χ3n) is 4.29. The third-order valence-corrected chi connectivity index (χ3v) is 4.29. The summed E-state index contributed by atoms with van der Waals surface area (Å²) in [7, 11) is 1.33. The van der Waals surface area contributed by atoms with Crippen molar-refractivity contribution in [2.24, 2.45) is 0 Å². The summed E-state index contributed by atoms with van der Waals surface area (Å²) in [6.07, 6.45) is 5.08. The van der Waals surface area contributed by atoms with Gasteiger partial charge in [-0.2, -0.15) is 0 Å². The quantitative estimate of drug-likeness (QED) is 0.384. The van der Waals surface area contributed by atoms with Crippen LogP contribution in [0.4, 0.5) is 0 Å². The van der Waals surface area contributed by atoms with Crippen LogP contribution in [-0.4, -0.2) is 30.0 Å². The molecular formula is C22H21NO4. The molecule has 3 aromatic rings. The van der Waals surface area contributed by atoms with E-state index in [0.717, 1.165) is 16.5 Å². The molecule has 27 heavy (non-hydrogen) atoms. The molecule has 0 fully saturated rings. The Morgan fingerprint density at radius 2 is 1.85 bits per heavy atom. The summed E-state index contributed by atoms with van der Waals surface area (Å²) in [4.78, 5) is 27.2. The van der Waals surface area contributed by atoms with Crippen molar-refractivity contribution in [1.29, 1.82) is 0 Å². The van der Waals surface area contributed by atoms with Crippen LogP contribution in [0.2, 0.25) is 0 Å². The molecule has 0 aliphatic rings. The van der Waals surface area contributed by atoms with Gasteiger partial charge in [0, 0.05) is 22.7 Å². The van der Waals surface area contributed by atoms with Crippen molar-refractivity contribution < 1.29 is 19.1 Å². The Balaban J connectivity index is 1.69. The molecule has 3 rings (SSSR count). The maximum atomic E-state index is 12.4. The molecule has 1 unspecified atom stereocenters. The lowest BCUT2D eigenvalue weighted by Crippen LogP contribution is -2.27. The van der Waals surface area contributed by atoms with Crippen LogP contribution in [0.15, 0.2) is 60.8 Å². The van der Waals surface area contributed by atoms with Crippen LogP contribution in [0.25, 0.3) is 17.0 Å². The van der Waals surface area contributed by atoms with Gasteiger partial charge < -0.3 is 14.5 Å². The number of hydrogen-bond donors (Lipinski definition) is 1. The van der Waals surface area contributed by atoms with Crippen LogP contribution in [0.5, 0.6) is 5.75 Å². The number of ketones is 1. The molecule has 5 nitrogen and oxygen atoms in total. The van der Waals surface area contributed by atoms with E-state index in [4.69, 9.17) is 9.47 Å². The molecule has 0 amide bonds. The van der Waals surface area contributed by atoms with E-state index in [1.54, 1.807) is 36.4 Å². The topological polar surface area (TPSA) is 68.4 Å². The number of esters is 1. The Hall–Kier alpha value is -3.34. The molecule has 1 aromatic heterocycles. The molecule has 0 saturated heterocycles. The molecule has 0 aliphatic heterocycles. The van der Waals surface area contributed by atoms with Crippen molar-refractivity contribution >= 4 is 28.7 Å². The number of nitrogens with one attached hydrogen (secondary N) is 1. The van der Waals surface area contributed by atoms with E-state index in [-0.39, 0.29) is 5.78 Å². The van der Waals surface area contributed by atoms with Crippen molar-refractivity contribution in [2.45, 2.75) is 19.4 Å². The van der Waals surface area contributed by atoms with Gasteiger partial charge in [0.25, 0.3) is 0 Å². The van der Waals surface area contributed by atoms with Gasteiger partial charge in [-0.05, 0) is 54.5 Å². The zero-order chi connectivity index (χ0) is 19.2. The maximum absolute atomic E-state index is 12.4. The van der Waals surface area contributed by atoms with Gasteiger partial charge in [0.15, 0.2) is 11.9 Å². The number of ether oxygens (including phenoxy) is 2. The fourth-order valence-corrected chi connectivity index (χ4v) is 2.79. The molecule has 1 N–H and O–H groups in total. The number of fused-ring (bicyclic) bond motifs is 1. The van der Waals surface area contributed by atoms with Gasteiger partial charge >= 0.3 is 5.97 Å². The van der Waals surface area contributed by atoms with E-state index < -0.39 is 12.1 Å². The Bertz CT molecular complexity index is 969. The van der Waals surface area contributed by atoms with Crippen molar-refractivity contribution in [1.82, 2.24) is 4.98 Å². The molecule has 138 valence electrons. The van der Waals surface area contributed by atoms with E-state index in [9.17, 15) is 9.59 Å². The summed E-state index contributed by atoms with van der Waals surface area (Å²) in [5, 5.41) is 1.07. The lowest BCUT2D eigenvalue weighted by atomic mass is 10.1. The standard InChI is InChI=1S/C22H21NO4/c1-3-21(22(25)26-2)27-17-11-8-15(9-12-17)20(24)13-10-16-14-23-19-7-5-4-6-18(16)19/h4-14,21,23H,3H2,1-2H3/b13-10+. The number of rotatable bonds is 7. The summed E-state index contributed by atoms with van der Waals surface area (Å²) >= 11 is 0. The lowest BCUT2D eigenvalue weighted by Gasteiger charge is -2.15. The van der Waals surface area contributed by atoms with Gasteiger partial charge in [0.1, 0.15) is 5.75 Å². The first-order valence-corrected chi connectivity index (χ1v) is 8.75. The van der Waals surface area contributed by atoms with Crippen molar-refractivity contribution in [3.63, 3.8) is 0 Å². The van der Waals surface area contributed by atoms with E-state index in [2.05, 4.69) is 4.98 Å². The van der Waals surface area contributed by atoms with E-state index in [0.29, 0.717) is 17.7 Å². The van der Waals surface area contributed by atoms with Gasteiger partial charge in [-0.25, -0.2) is 4.79 Å². The second-order valence-corrected chi connectivity index (χ2v) is 6.05. The Morgan fingerprint density at radius 1 is 1.11 bits per heavy atom. The summed E-state index contributed by atoms with van der Waals surface area (Å²) in [6, 6.07) is 14.6. The number of aromatic amines is 1. The molecule has 0 radical (unpaired) electrons. The van der Waals surface area contributed by atoms with Crippen LogP contribution in [0, 0.1) is 0 Å². The number of aromatic nitrogens is 1. The molecule has 1 heterocycles. The first-order valence-electron chi connectivity index (χ1n) is 8.75. The van der Waals surface area contributed by atoms with E-state index in [1.165, 1.54) is 7.11 Å². The van der Waals surface area contributed by atoms with Crippen molar-refractivity contribution in [3.8, 4) is 5.75 Å². The molecule has 0 saturated carbocycles. The smallest absolute Gasteiger partial charge is 0.347 e. The summed E-state index contributed by atoms with van der Waals surface area (Å²) in [5.41, 5.74) is 2.54. The number of hydrogen-bond acceptors (Lipinski definition) is 4. The zero-order valence-electron chi connectivity index (χ0n) is 15.3. The Labute approximate surface area is 157 Å². The Kier molecular flexibility index (Phi) is 5.71. The van der Waals surface area contributed by atoms with Gasteiger partial charge in [-0.15, -0.1) is 0 Å². The zero-order valence-corrected chi connectivity index (χ0v) is 15.3. The number of allylic oxidation sites excluding steroid dienone is 1. The van der Waals surface area contributed by atoms with Crippen LogP contribution < -0.4 is 4.74 Å². The molecule has 1 atom stereocenters. The predicted molar refractivity (Wildman–Crippen MR) is 105 cm³/mol.